The molecule has 0 radical (unpaired) electrons. The van der Waals surface area contributed by atoms with Gasteiger partial charge in [0.15, 0.2) is 0 Å². The summed E-state index contributed by atoms with van der Waals surface area (Å²) in [6, 6.07) is 5.01. The lowest BCUT2D eigenvalue weighted by molar-refractivity contribution is -0.385. The summed E-state index contributed by atoms with van der Waals surface area (Å²) in [5.74, 6) is 0.541. The quantitative estimate of drug-likeness (QED) is 0.677. The van der Waals surface area contributed by atoms with Crippen molar-refractivity contribution in [1.29, 1.82) is 5.26 Å². The fourth-order valence-electron chi connectivity index (χ4n) is 2.41. The van der Waals surface area contributed by atoms with Crippen LogP contribution < -0.4 is 5.32 Å². The van der Waals surface area contributed by atoms with Crippen LogP contribution >= 0.6 is 11.8 Å². The van der Waals surface area contributed by atoms with E-state index in [2.05, 4.69) is 16.6 Å². The predicted molar refractivity (Wildman–Crippen MR) is 78.8 cm³/mol. The average molecular weight is 292 g/mol. The Labute approximate surface area is 121 Å². The van der Waals surface area contributed by atoms with Gasteiger partial charge in [0.1, 0.15) is 11.9 Å². The number of rotatable bonds is 4. The van der Waals surface area contributed by atoms with Crippen molar-refractivity contribution in [2.45, 2.75) is 37.0 Å². The predicted octanol–water partition coefficient (Wildman–Crippen LogP) is 2.95. The van der Waals surface area contributed by atoms with Crippen LogP contribution in [0.1, 0.15) is 31.4 Å². The van der Waals surface area contributed by atoms with Crippen molar-refractivity contribution in [2.24, 2.45) is 0 Å². The van der Waals surface area contributed by atoms with E-state index in [0.29, 0.717) is 11.9 Å². The number of nitrogens with zero attached hydrogens (tertiary/aromatic N) is 3. The summed E-state index contributed by atoms with van der Waals surface area (Å²) in [6.07, 6.45) is 6.58. The summed E-state index contributed by atoms with van der Waals surface area (Å²) in [6.45, 7) is 0. The maximum Gasteiger partial charge on any atom is 0.305 e. The molecule has 1 aliphatic rings. The zero-order valence-corrected chi connectivity index (χ0v) is 12.0. The molecule has 1 fully saturated rings. The minimum absolute atomic E-state index is 0.141. The minimum Gasteiger partial charge on any atom is -0.367 e. The SMILES string of the molecule is CSC1CCC(Nc2ccc([N+](=O)[O-])c(C#N)n2)CC1. The Kier molecular flexibility index (Phi) is 4.79. The van der Waals surface area contributed by atoms with Crippen LogP contribution in [0.4, 0.5) is 11.5 Å². The Bertz CT molecular complexity index is 536. The van der Waals surface area contributed by atoms with Gasteiger partial charge in [-0.15, -0.1) is 0 Å². The molecule has 1 saturated carbocycles. The molecule has 7 heteroatoms. The van der Waals surface area contributed by atoms with Crippen molar-refractivity contribution in [3.8, 4) is 6.07 Å². The van der Waals surface area contributed by atoms with Crippen molar-refractivity contribution >= 4 is 23.3 Å². The van der Waals surface area contributed by atoms with Gasteiger partial charge in [0.05, 0.1) is 4.92 Å². The molecule has 20 heavy (non-hydrogen) atoms. The molecule has 1 N–H and O–H groups in total. The molecule has 0 aromatic carbocycles. The molecule has 2 rings (SSSR count). The zero-order chi connectivity index (χ0) is 14.5. The van der Waals surface area contributed by atoms with Crippen LogP contribution in [0.3, 0.4) is 0 Å². The molecule has 0 atom stereocenters. The van der Waals surface area contributed by atoms with Crippen molar-refractivity contribution in [3.05, 3.63) is 27.9 Å². The number of anilines is 1. The van der Waals surface area contributed by atoms with Gasteiger partial charge in [0.2, 0.25) is 5.69 Å². The maximum atomic E-state index is 10.7. The summed E-state index contributed by atoms with van der Waals surface area (Å²) in [5.41, 5.74) is -0.387. The van der Waals surface area contributed by atoms with Gasteiger partial charge in [-0.1, -0.05) is 0 Å². The van der Waals surface area contributed by atoms with E-state index in [1.807, 2.05) is 11.8 Å². The van der Waals surface area contributed by atoms with Gasteiger partial charge < -0.3 is 5.32 Å². The molecule has 0 aliphatic heterocycles. The molecule has 0 saturated heterocycles. The van der Waals surface area contributed by atoms with Crippen molar-refractivity contribution in [1.82, 2.24) is 4.98 Å². The molecule has 6 nitrogen and oxygen atoms in total. The van der Waals surface area contributed by atoms with E-state index in [1.165, 1.54) is 6.07 Å². The van der Waals surface area contributed by atoms with E-state index in [0.717, 1.165) is 30.9 Å². The van der Waals surface area contributed by atoms with Crippen molar-refractivity contribution in [3.63, 3.8) is 0 Å². The summed E-state index contributed by atoms with van der Waals surface area (Å²) in [5, 5.41) is 23.7. The Hall–Kier alpha value is -1.81. The Balaban J connectivity index is 2.04. The van der Waals surface area contributed by atoms with Crippen molar-refractivity contribution in [2.75, 3.05) is 11.6 Å². The largest absolute Gasteiger partial charge is 0.367 e. The first-order valence-corrected chi connectivity index (χ1v) is 7.77. The Morgan fingerprint density at radius 1 is 1.45 bits per heavy atom. The summed E-state index contributed by atoms with van der Waals surface area (Å²) >= 11 is 1.90. The number of pyridine rings is 1. The number of hydrogen-bond donors (Lipinski definition) is 1. The van der Waals surface area contributed by atoms with Crippen LogP contribution in [0, 0.1) is 21.4 Å². The lowest BCUT2D eigenvalue weighted by atomic mass is 9.95. The summed E-state index contributed by atoms with van der Waals surface area (Å²) < 4.78 is 0. The van der Waals surface area contributed by atoms with Crippen LogP contribution in [0.25, 0.3) is 0 Å². The third-order valence-corrected chi connectivity index (χ3v) is 4.67. The van der Waals surface area contributed by atoms with Gasteiger partial charge in [-0.25, -0.2) is 4.98 Å². The number of nitro groups is 1. The monoisotopic (exact) mass is 292 g/mol. The molecule has 1 aromatic rings. The molecule has 0 bridgehead atoms. The molecule has 0 spiro atoms. The molecule has 1 aromatic heterocycles. The maximum absolute atomic E-state index is 10.7. The first-order valence-electron chi connectivity index (χ1n) is 6.49. The van der Waals surface area contributed by atoms with E-state index in [9.17, 15) is 10.1 Å². The molecule has 0 amide bonds. The molecular weight excluding hydrogens is 276 g/mol. The molecule has 1 aliphatic carbocycles. The summed E-state index contributed by atoms with van der Waals surface area (Å²) in [4.78, 5) is 14.2. The molecule has 106 valence electrons. The van der Waals surface area contributed by atoms with Crippen LogP contribution in [-0.4, -0.2) is 27.5 Å². The smallest absolute Gasteiger partial charge is 0.305 e. The second-order valence-corrected chi connectivity index (χ2v) is 5.92. The van der Waals surface area contributed by atoms with Crippen LogP contribution in [0.15, 0.2) is 12.1 Å². The second kappa shape index (κ2) is 6.57. The highest BCUT2D eigenvalue weighted by molar-refractivity contribution is 7.99. The Morgan fingerprint density at radius 3 is 2.70 bits per heavy atom. The van der Waals surface area contributed by atoms with E-state index < -0.39 is 4.92 Å². The molecular formula is C13H16N4O2S. The second-order valence-electron chi connectivity index (χ2n) is 4.79. The normalized spacial score (nSPS) is 22.0. The highest BCUT2D eigenvalue weighted by Crippen LogP contribution is 2.28. The highest BCUT2D eigenvalue weighted by atomic mass is 32.2. The standard InChI is InChI=1S/C13H16N4O2S/c1-20-10-4-2-9(3-5-10)15-13-7-6-12(17(18)19)11(8-14)16-13/h6-7,9-10H,2-5H2,1H3,(H,15,16). The molecule has 0 unspecified atom stereocenters. The van der Waals surface area contributed by atoms with Gasteiger partial charge >= 0.3 is 5.69 Å². The number of nitriles is 1. The minimum atomic E-state index is -0.584. The van der Waals surface area contributed by atoms with Gasteiger partial charge in [0, 0.05) is 17.4 Å². The Morgan fingerprint density at radius 2 is 2.15 bits per heavy atom. The van der Waals surface area contributed by atoms with E-state index in [-0.39, 0.29) is 11.4 Å². The van der Waals surface area contributed by atoms with Gasteiger partial charge in [-0.3, -0.25) is 10.1 Å². The topological polar surface area (TPSA) is 91.9 Å². The van der Waals surface area contributed by atoms with Crippen LogP contribution in [-0.2, 0) is 0 Å². The summed E-state index contributed by atoms with van der Waals surface area (Å²) in [7, 11) is 0. The van der Waals surface area contributed by atoms with Gasteiger partial charge in [-0.05, 0) is 38.0 Å². The lowest BCUT2D eigenvalue weighted by Gasteiger charge is -2.28. The van der Waals surface area contributed by atoms with Crippen molar-refractivity contribution < 1.29 is 4.92 Å². The van der Waals surface area contributed by atoms with Gasteiger partial charge in [0.25, 0.3) is 0 Å². The average Bonchev–Trinajstić information content (AvgIpc) is 2.47. The van der Waals surface area contributed by atoms with Crippen LogP contribution in [0.5, 0.6) is 0 Å². The highest BCUT2D eigenvalue weighted by Gasteiger charge is 2.21. The van der Waals surface area contributed by atoms with E-state index >= 15 is 0 Å². The fourth-order valence-corrected chi connectivity index (χ4v) is 3.16. The lowest BCUT2D eigenvalue weighted by Crippen LogP contribution is -2.27. The van der Waals surface area contributed by atoms with E-state index in [4.69, 9.17) is 5.26 Å². The number of thioether (sulfide) groups is 1. The fraction of sp³-hybridized carbons (Fsp3) is 0.538. The molecule has 1 heterocycles. The number of nitrogens with one attached hydrogen (secondary N) is 1. The van der Waals surface area contributed by atoms with Crippen LogP contribution in [0.2, 0.25) is 0 Å². The first kappa shape index (κ1) is 14.6. The van der Waals surface area contributed by atoms with E-state index in [1.54, 1.807) is 12.1 Å². The zero-order valence-electron chi connectivity index (χ0n) is 11.2. The number of hydrogen-bond acceptors (Lipinski definition) is 6. The third-order valence-electron chi connectivity index (χ3n) is 3.54. The number of aromatic nitrogens is 1. The first-order chi connectivity index (χ1) is 9.63. The third kappa shape index (κ3) is 3.39. The van der Waals surface area contributed by atoms with Gasteiger partial charge in [-0.2, -0.15) is 17.0 Å².